The van der Waals surface area contributed by atoms with Crippen molar-refractivity contribution in [2.75, 3.05) is 33.4 Å². The Kier molecular flexibility index (Phi) is 5.78. The molecule has 0 spiro atoms. The third kappa shape index (κ3) is 4.29. The predicted molar refractivity (Wildman–Crippen MR) is 95.0 cm³/mol. The Morgan fingerprint density at radius 1 is 1.30 bits per heavy atom. The minimum Gasteiger partial charge on any atom is -0.496 e. The highest BCUT2D eigenvalue weighted by Gasteiger charge is 2.28. The van der Waals surface area contributed by atoms with E-state index in [1.165, 1.54) is 29.6 Å². The summed E-state index contributed by atoms with van der Waals surface area (Å²) in [6.45, 7) is 3.16. The van der Waals surface area contributed by atoms with Gasteiger partial charge in [0.1, 0.15) is 17.2 Å². The van der Waals surface area contributed by atoms with Gasteiger partial charge in [-0.2, -0.15) is 4.31 Å². The predicted octanol–water partition coefficient (Wildman–Crippen LogP) is 0.943. The Labute approximate surface area is 157 Å². The van der Waals surface area contributed by atoms with Gasteiger partial charge >= 0.3 is 0 Å². The lowest BCUT2D eigenvalue weighted by molar-refractivity contribution is 0.0730. The Hall–Kier alpha value is -2.43. The van der Waals surface area contributed by atoms with Gasteiger partial charge < -0.3 is 19.3 Å². The molecule has 1 N–H and O–H groups in total. The fraction of sp³-hybridized carbons (Fsp3) is 0.412. The first-order valence-corrected chi connectivity index (χ1v) is 9.82. The smallest absolute Gasteiger partial charge is 0.255 e. The fourth-order valence-electron chi connectivity index (χ4n) is 2.73. The highest BCUT2D eigenvalue weighted by Crippen LogP contribution is 2.25. The van der Waals surface area contributed by atoms with Crippen LogP contribution in [0.5, 0.6) is 5.75 Å². The number of amides is 1. The number of aromatic nitrogens is 1. The maximum atomic E-state index is 12.8. The van der Waals surface area contributed by atoms with E-state index in [4.69, 9.17) is 14.0 Å². The summed E-state index contributed by atoms with van der Waals surface area (Å²) in [5, 5.41) is 6.50. The zero-order valence-electron chi connectivity index (χ0n) is 15.1. The molecule has 3 rings (SSSR count). The number of sulfonamides is 1. The third-order valence-electron chi connectivity index (χ3n) is 4.13. The Morgan fingerprint density at radius 3 is 2.67 bits per heavy atom. The SMILES string of the molecule is COc1ccc(S(=O)(=O)N2CCOCC2)cc1C(=O)NCc1cc(C)on1. The highest BCUT2D eigenvalue weighted by atomic mass is 32.2. The summed E-state index contributed by atoms with van der Waals surface area (Å²) < 4.78 is 42.4. The van der Waals surface area contributed by atoms with Crippen LogP contribution in [0.4, 0.5) is 0 Å². The van der Waals surface area contributed by atoms with Crippen LogP contribution in [0.15, 0.2) is 33.7 Å². The molecule has 0 unspecified atom stereocenters. The molecule has 1 aliphatic rings. The van der Waals surface area contributed by atoms with Crippen LogP contribution >= 0.6 is 0 Å². The molecule has 1 aromatic heterocycles. The molecule has 0 aliphatic carbocycles. The van der Waals surface area contributed by atoms with E-state index in [0.29, 0.717) is 24.7 Å². The molecule has 1 aliphatic heterocycles. The lowest BCUT2D eigenvalue weighted by Gasteiger charge is -2.26. The molecule has 0 radical (unpaired) electrons. The second-order valence-electron chi connectivity index (χ2n) is 5.99. The quantitative estimate of drug-likeness (QED) is 0.775. The zero-order valence-corrected chi connectivity index (χ0v) is 15.9. The molecule has 2 heterocycles. The van der Waals surface area contributed by atoms with Crippen molar-refractivity contribution in [2.45, 2.75) is 18.4 Å². The number of benzene rings is 1. The number of carbonyl (C=O) groups is 1. The fourth-order valence-corrected chi connectivity index (χ4v) is 4.16. The van der Waals surface area contributed by atoms with Crippen molar-refractivity contribution in [1.29, 1.82) is 0 Å². The van der Waals surface area contributed by atoms with Crippen molar-refractivity contribution < 1.29 is 27.2 Å². The molecule has 9 nitrogen and oxygen atoms in total. The van der Waals surface area contributed by atoms with Gasteiger partial charge in [-0.3, -0.25) is 4.79 Å². The van der Waals surface area contributed by atoms with Gasteiger partial charge in [-0.1, -0.05) is 5.16 Å². The molecule has 1 amide bonds. The van der Waals surface area contributed by atoms with E-state index < -0.39 is 15.9 Å². The Balaban J connectivity index is 1.83. The standard InChI is InChI=1S/C17H21N3O6S/c1-12-9-13(19-26-12)11-18-17(21)15-10-14(3-4-16(15)24-2)27(22,23)20-5-7-25-8-6-20/h3-4,9-10H,5-8,11H2,1-2H3,(H,18,21). The van der Waals surface area contributed by atoms with Gasteiger partial charge in [-0.05, 0) is 25.1 Å². The minimum atomic E-state index is -3.72. The van der Waals surface area contributed by atoms with E-state index >= 15 is 0 Å². The molecular formula is C17H21N3O6S. The van der Waals surface area contributed by atoms with E-state index in [0.717, 1.165) is 0 Å². The number of ether oxygens (including phenoxy) is 2. The highest BCUT2D eigenvalue weighted by molar-refractivity contribution is 7.89. The van der Waals surface area contributed by atoms with Gasteiger partial charge in [0.05, 0.1) is 37.3 Å². The summed E-state index contributed by atoms with van der Waals surface area (Å²) in [5.74, 6) is 0.451. The summed E-state index contributed by atoms with van der Waals surface area (Å²) >= 11 is 0. The number of aryl methyl sites for hydroxylation is 1. The van der Waals surface area contributed by atoms with E-state index in [1.54, 1.807) is 13.0 Å². The third-order valence-corrected chi connectivity index (χ3v) is 6.02. The van der Waals surface area contributed by atoms with Crippen molar-refractivity contribution in [3.8, 4) is 5.75 Å². The number of nitrogens with zero attached hydrogens (tertiary/aromatic N) is 2. The lowest BCUT2D eigenvalue weighted by Crippen LogP contribution is -2.40. The maximum Gasteiger partial charge on any atom is 0.255 e. The summed E-state index contributed by atoms with van der Waals surface area (Å²) in [7, 11) is -2.30. The van der Waals surface area contributed by atoms with Crippen LogP contribution < -0.4 is 10.1 Å². The van der Waals surface area contributed by atoms with Crippen LogP contribution in [0.2, 0.25) is 0 Å². The van der Waals surface area contributed by atoms with Crippen molar-refractivity contribution >= 4 is 15.9 Å². The second kappa shape index (κ2) is 8.07. The average Bonchev–Trinajstić information content (AvgIpc) is 3.11. The van der Waals surface area contributed by atoms with Crippen LogP contribution in [0, 0.1) is 6.92 Å². The number of hydrogen-bond donors (Lipinski definition) is 1. The molecule has 1 fully saturated rings. The summed E-state index contributed by atoms with van der Waals surface area (Å²) in [5.41, 5.74) is 0.698. The van der Waals surface area contributed by atoms with Crippen molar-refractivity contribution in [2.24, 2.45) is 0 Å². The molecule has 0 saturated carbocycles. The van der Waals surface area contributed by atoms with Gasteiger partial charge in [0.2, 0.25) is 10.0 Å². The monoisotopic (exact) mass is 395 g/mol. The van der Waals surface area contributed by atoms with Gasteiger partial charge in [-0.15, -0.1) is 0 Å². The Morgan fingerprint density at radius 2 is 2.04 bits per heavy atom. The van der Waals surface area contributed by atoms with E-state index in [2.05, 4.69) is 10.5 Å². The molecule has 0 atom stereocenters. The topological polar surface area (TPSA) is 111 Å². The number of nitrogens with one attached hydrogen (secondary N) is 1. The van der Waals surface area contributed by atoms with E-state index in [1.807, 2.05) is 0 Å². The summed E-state index contributed by atoms with van der Waals surface area (Å²) in [4.78, 5) is 12.6. The van der Waals surface area contributed by atoms with Crippen LogP contribution in [-0.2, 0) is 21.3 Å². The zero-order chi connectivity index (χ0) is 19.4. The van der Waals surface area contributed by atoms with Gasteiger partial charge in [-0.25, -0.2) is 8.42 Å². The molecule has 146 valence electrons. The van der Waals surface area contributed by atoms with Crippen molar-refractivity contribution in [3.05, 3.63) is 41.3 Å². The Bertz CT molecular complexity index is 919. The summed E-state index contributed by atoms with van der Waals surface area (Å²) in [6.07, 6.45) is 0. The average molecular weight is 395 g/mol. The first kappa shape index (κ1) is 19.3. The number of morpholine rings is 1. The first-order chi connectivity index (χ1) is 12.9. The van der Waals surface area contributed by atoms with Crippen LogP contribution in [-0.4, -0.2) is 57.2 Å². The minimum absolute atomic E-state index is 0.0348. The normalized spacial score (nSPS) is 15.5. The van der Waals surface area contributed by atoms with Gasteiger partial charge in [0.15, 0.2) is 0 Å². The molecule has 1 aromatic carbocycles. The number of methoxy groups -OCH3 is 1. The van der Waals surface area contributed by atoms with E-state index in [-0.39, 0.29) is 35.8 Å². The molecule has 27 heavy (non-hydrogen) atoms. The second-order valence-corrected chi connectivity index (χ2v) is 7.93. The molecule has 10 heteroatoms. The maximum absolute atomic E-state index is 12.8. The van der Waals surface area contributed by atoms with Crippen LogP contribution in [0.1, 0.15) is 21.8 Å². The van der Waals surface area contributed by atoms with Crippen molar-refractivity contribution in [3.63, 3.8) is 0 Å². The molecule has 2 aromatic rings. The molecule has 0 bridgehead atoms. The van der Waals surface area contributed by atoms with Crippen LogP contribution in [0.3, 0.4) is 0 Å². The van der Waals surface area contributed by atoms with Crippen LogP contribution in [0.25, 0.3) is 0 Å². The number of rotatable bonds is 6. The molecular weight excluding hydrogens is 374 g/mol. The van der Waals surface area contributed by atoms with Gasteiger partial charge in [0.25, 0.3) is 5.91 Å². The number of hydrogen-bond acceptors (Lipinski definition) is 7. The van der Waals surface area contributed by atoms with E-state index in [9.17, 15) is 13.2 Å². The lowest BCUT2D eigenvalue weighted by atomic mass is 10.2. The molecule has 1 saturated heterocycles. The summed E-state index contributed by atoms with van der Waals surface area (Å²) in [6, 6.07) is 5.94. The number of carbonyl (C=O) groups excluding carboxylic acids is 1. The first-order valence-electron chi connectivity index (χ1n) is 8.38. The largest absolute Gasteiger partial charge is 0.496 e. The van der Waals surface area contributed by atoms with Crippen molar-refractivity contribution in [1.82, 2.24) is 14.8 Å². The van der Waals surface area contributed by atoms with Gasteiger partial charge in [0, 0.05) is 19.2 Å².